The molecule has 0 saturated carbocycles. The highest BCUT2D eigenvalue weighted by molar-refractivity contribution is 5.51. The van der Waals surface area contributed by atoms with Gasteiger partial charge < -0.3 is 10.1 Å². The lowest BCUT2D eigenvalue weighted by Crippen LogP contribution is -2.41. The summed E-state index contributed by atoms with van der Waals surface area (Å²) < 4.78 is 0. The van der Waals surface area contributed by atoms with E-state index in [0.717, 1.165) is 25.3 Å². The van der Waals surface area contributed by atoms with Gasteiger partial charge in [-0.2, -0.15) is 0 Å². The monoisotopic (exact) mass is 184 g/mol. The van der Waals surface area contributed by atoms with Crippen molar-refractivity contribution in [3.8, 4) is 0 Å². The van der Waals surface area contributed by atoms with E-state index < -0.39 is 0 Å². The molecule has 1 saturated heterocycles. The van der Waals surface area contributed by atoms with Crippen molar-refractivity contribution in [3.05, 3.63) is 0 Å². The Morgan fingerprint density at radius 3 is 2.69 bits per heavy atom. The van der Waals surface area contributed by atoms with Crippen molar-refractivity contribution >= 4 is 6.29 Å². The van der Waals surface area contributed by atoms with E-state index in [2.05, 4.69) is 17.1 Å². The second-order valence-electron chi connectivity index (χ2n) is 3.93. The van der Waals surface area contributed by atoms with Crippen LogP contribution in [0.25, 0.3) is 0 Å². The molecule has 3 heteroatoms. The number of aldehydes is 1. The van der Waals surface area contributed by atoms with Crippen LogP contribution in [0.4, 0.5) is 0 Å². The van der Waals surface area contributed by atoms with Crippen molar-refractivity contribution in [3.63, 3.8) is 0 Å². The van der Waals surface area contributed by atoms with E-state index in [1.54, 1.807) is 0 Å². The molecule has 0 radical (unpaired) electrons. The summed E-state index contributed by atoms with van der Waals surface area (Å²) in [5.41, 5.74) is 0. The molecule has 0 bridgehead atoms. The van der Waals surface area contributed by atoms with Crippen LogP contribution in [0, 0.1) is 5.92 Å². The summed E-state index contributed by atoms with van der Waals surface area (Å²) in [6.45, 7) is 5.04. The van der Waals surface area contributed by atoms with Crippen molar-refractivity contribution in [1.82, 2.24) is 10.2 Å². The molecule has 0 aromatic carbocycles. The minimum Gasteiger partial charge on any atom is -0.317 e. The number of nitrogens with zero attached hydrogens (tertiary/aromatic N) is 1. The van der Waals surface area contributed by atoms with E-state index in [4.69, 9.17) is 0 Å². The fourth-order valence-electron chi connectivity index (χ4n) is 1.97. The van der Waals surface area contributed by atoms with E-state index >= 15 is 0 Å². The highest BCUT2D eigenvalue weighted by atomic mass is 16.1. The van der Waals surface area contributed by atoms with Gasteiger partial charge >= 0.3 is 0 Å². The highest BCUT2D eigenvalue weighted by Gasteiger charge is 2.22. The molecule has 13 heavy (non-hydrogen) atoms. The van der Waals surface area contributed by atoms with Crippen molar-refractivity contribution in [2.24, 2.45) is 5.92 Å². The molecule has 0 aliphatic carbocycles. The Hall–Kier alpha value is -0.410. The minimum absolute atomic E-state index is 0.535. The van der Waals surface area contributed by atoms with Gasteiger partial charge in [0.25, 0.3) is 0 Å². The van der Waals surface area contributed by atoms with Crippen LogP contribution >= 0.6 is 0 Å². The fourth-order valence-corrected chi connectivity index (χ4v) is 1.97. The topological polar surface area (TPSA) is 32.3 Å². The van der Waals surface area contributed by atoms with Crippen molar-refractivity contribution < 1.29 is 4.79 Å². The second-order valence-corrected chi connectivity index (χ2v) is 3.93. The van der Waals surface area contributed by atoms with Gasteiger partial charge in [0, 0.05) is 6.04 Å². The smallest absolute Gasteiger partial charge is 0.133 e. The molecular formula is C10H20N2O. The average Bonchev–Trinajstić information content (AvgIpc) is 2.18. The standard InChI is InChI=1S/C10H20N2O/c1-9(12(2)7-8-13)10-3-5-11-6-4-10/h8-11H,3-7H2,1-2H3. The van der Waals surface area contributed by atoms with Gasteiger partial charge in [0.1, 0.15) is 6.29 Å². The van der Waals surface area contributed by atoms with E-state index in [-0.39, 0.29) is 0 Å². The van der Waals surface area contributed by atoms with Gasteiger partial charge in [-0.25, -0.2) is 0 Å². The maximum atomic E-state index is 10.3. The Balaban J connectivity index is 2.35. The second kappa shape index (κ2) is 5.35. The van der Waals surface area contributed by atoms with Gasteiger partial charge in [-0.05, 0) is 45.8 Å². The molecular weight excluding hydrogens is 164 g/mol. The molecule has 1 unspecified atom stereocenters. The van der Waals surface area contributed by atoms with Crippen LogP contribution in [0.3, 0.4) is 0 Å². The molecule has 1 heterocycles. The van der Waals surface area contributed by atoms with Crippen LogP contribution in [0.5, 0.6) is 0 Å². The molecule has 0 aromatic heterocycles. The summed E-state index contributed by atoms with van der Waals surface area (Å²) in [5.74, 6) is 0.756. The van der Waals surface area contributed by atoms with Crippen molar-refractivity contribution in [2.45, 2.75) is 25.8 Å². The highest BCUT2D eigenvalue weighted by Crippen LogP contribution is 2.19. The summed E-state index contributed by atoms with van der Waals surface area (Å²) >= 11 is 0. The van der Waals surface area contributed by atoms with Crippen LogP contribution in [0.2, 0.25) is 0 Å². The Bertz CT molecular complexity index is 155. The van der Waals surface area contributed by atoms with E-state index in [1.807, 2.05) is 7.05 Å². The zero-order valence-electron chi connectivity index (χ0n) is 8.62. The molecule has 0 aromatic rings. The maximum Gasteiger partial charge on any atom is 0.133 e. The van der Waals surface area contributed by atoms with Gasteiger partial charge in [-0.15, -0.1) is 0 Å². The van der Waals surface area contributed by atoms with Crippen LogP contribution in [-0.2, 0) is 4.79 Å². The van der Waals surface area contributed by atoms with Gasteiger partial charge in [0.15, 0.2) is 0 Å². The average molecular weight is 184 g/mol. The normalized spacial score (nSPS) is 21.8. The Morgan fingerprint density at radius 1 is 1.54 bits per heavy atom. The van der Waals surface area contributed by atoms with E-state index in [0.29, 0.717) is 12.6 Å². The molecule has 76 valence electrons. The first-order valence-corrected chi connectivity index (χ1v) is 5.10. The number of carbonyl (C=O) groups is 1. The lowest BCUT2D eigenvalue weighted by Gasteiger charge is -2.33. The van der Waals surface area contributed by atoms with Gasteiger partial charge in [-0.1, -0.05) is 0 Å². The summed E-state index contributed by atoms with van der Waals surface area (Å²) in [4.78, 5) is 12.5. The van der Waals surface area contributed by atoms with Crippen LogP contribution in [0.1, 0.15) is 19.8 Å². The summed E-state index contributed by atoms with van der Waals surface area (Å²) in [7, 11) is 2.03. The number of hydrogen-bond donors (Lipinski definition) is 1. The van der Waals surface area contributed by atoms with Crippen LogP contribution < -0.4 is 5.32 Å². The zero-order chi connectivity index (χ0) is 9.68. The van der Waals surface area contributed by atoms with Crippen LogP contribution in [-0.4, -0.2) is 43.9 Å². The van der Waals surface area contributed by atoms with Crippen molar-refractivity contribution in [2.75, 3.05) is 26.7 Å². The quantitative estimate of drug-likeness (QED) is 0.646. The zero-order valence-corrected chi connectivity index (χ0v) is 8.62. The third kappa shape index (κ3) is 3.08. The molecule has 1 N–H and O–H groups in total. The first-order chi connectivity index (χ1) is 6.25. The molecule has 1 fully saturated rings. The summed E-state index contributed by atoms with van der Waals surface area (Å²) in [5, 5.41) is 3.35. The van der Waals surface area contributed by atoms with Crippen molar-refractivity contribution in [1.29, 1.82) is 0 Å². The number of piperidine rings is 1. The predicted molar refractivity (Wildman–Crippen MR) is 53.7 cm³/mol. The molecule has 1 atom stereocenters. The number of rotatable bonds is 4. The largest absolute Gasteiger partial charge is 0.317 e. The molecule has 1 aliphatic heterocycles. The number of hydrogen-bond acceptors (Lipinski definition) is 3. The lowest BCUT2D eigenvalue weighted by atomic mass is 9.90. The van der Waals surface area contributed by atoms with Crippen LogP contribution in [0.15, 0.2) is 0 Å². The molecule has 3 nitrogen and oxygen atoms in total. The van der Waals surface area contributed by atoms with E-state index in [1.165, 1.54) is 12.8 Å². The SMILES string of the molecule is CC(C1CCNCC1)N(C)CC=O. The minimum atomic E-state index is 0.535. The number of likely N-dealkylation sites (N-methyl/N-ethyl adjacent to an activating group) is 1. The van der Waals surface area contributed by atoms with Gasteiger partial charge in [-0.3, -0.25) is 4.90 Å². The first-order valence-electron chi connectivity index (χ1n) is 5.10. The summed E-state index contributed by atoms with van der Waals surface area (Å²) in [6, 6.07) is 0.535. The summed E-state index contributed by atoms with van der Waals surface area (Å²) in [6.07, 6.45) is 3.46. The maximum absolute atomic E-state index is 10.3. The molecule has 0 amide bonds. The fraction of sp³-hybridized carbons (Fsp3) is 0.900. The van der Waals surface area contributed by atoms with Gasteiger partial charge in [0.05, 0.1) is 6.54 Å². The Labute approximate surface area is 80.5 Å². The third-order valence-electron chi connectivity index (χ3n) is 3.12. The lowest BCUT2D eigenvalue weighted by molar-refractivity contribution is -0.109. The Morgan fingerprint density at radius 2 is 2.15 bits per heavy atom. The molecule has 0 spiro atoms. The third-order valence-corrected chi connectivity index (χ3v) is 3.12. The molecule has 1 aliphatic rings. The first kappa shape index (κ1) is 10.7. The number of nitrogens with one attached hydrogen (secondary N) is 1. The Kier molecular flexibility index (Phi) is 4.39. The van der Waals surface area contributed by atoms with Gasteiger partial charge in [0.2, 0.25) is 0 Å². The molecule has 1 rings (SSSR count). The number of carbonyl (C=O) groups excluding carboxylic acids is 1. The van der Waals surface area contributed by atoms with E-state index in [9.17, 15) is 4.79 Å². The predicted octanol–water partition coefficient (Wildman–Crippen LogP) is 0.505.